The molecule has 0 radical (unpaired) electrons. The van der Waals surface area contributed by atoms with Crippen LogP contribution in [-0.4, -0.2) is 75.9 Å². The van der Waals surface area contributed by atoms with Crippen LogP contribution in [0.25, 0.3) is 27.7 Å². The molecular formula is C27H31N3O7S. The third-order valence-corrected chi connectivity index (χ3v) is 8.25. The summed E-state index contributed by atoms with van der Waals surface area (Å²) in [6.07, 6.45) is -3.60. The Kier molecular flexibility index (Phi) is 8.22. The number of rotatable bonds is 8. The fourth-order valence-corrected chi connectivity index (χ4v) is 5.59. The van der Waals surface area contributed by atoms with Crippen molar-refractivity contribution in [3.05, 3.63) is 59.2 Å². The van der Waals surface area contributed by atoms with Crippen molar-refractivity contribution in [1.29, 1.82) is 5.26 Å². The maximum atomic E-state index is 13.0. The van der Waals surface area contributed by atoms with Crippen LogP contribution in [0.5, 0.6) is 0 Å². The molecule has 2 aromatic carbocycles. The van der Waals surface area contributed by atoms with Gasteiger partial charge >= 0.3 is 0 Å². The van der Waals surface area contributed by atoms with Crippen LogP contribution < -0.4 is 9.62 Å². The summed E-state index contributed by atoms with van der Waals surface area (Å²) in [4.78, 5) is 1.51. The van der Waals surface area contributed by atoms with E-state index in [9.17, 15) is 29.0 Å². The molecule has 10 nitrogen and oxygen atoms in total. The van der Waals surface area contributed by atoms with Crippen molar-refractivity contribution in [2.75, 3.05) is 38.8 Å². The van der Waals surface area contributed by atoms with Crippen LogP contribution >= 0.6 is 0 Å². The van der Waals surface area contributed by atoms with Crippen molar-refractivity contribution in [2.45, 2.75) is 25.2 Å². The predicted octanol–water partition coefficient (Wildman–Crippen LogP) is 2.07. The second-order valence-electron chi connectivity index (χ2n) is 9.52. The van der Waals surface area contributed by atoms with Gasteiger partial charge in [-0.2, -0.15) is 5.26 Å². The number of aliphatic hydroxyl groups excluding tert-OH is 3. The van der Waals surface area contributed by atoms with Crippen molar-refractivity contribution in [3.8, 4) is 17.4 Å². The molecule has 11 heteroatoms. The number of allylic oxidation sites excluding steroid dienone is 2. The van der Waals surface area contributed by atoms with E-state index in [1.54, 1.807) is 18.2 Å². The molecule has 3 aromatic rings. The van der Waals surface area contributed by atoms with Crippen LogP contribution in [0.3, 0.4) is 0 Å². The molecule has 4 N–H and O–H groups in total. The van der Waals surface area contributed by atoms with Crippen LogP contribution in [0.15, 0.2) is 57.9 Å². The van der Waals surface area contributed by atoms with Crippen molar-refractivity contribution in [3.63, 3.8) is 0 Å². The number of ether oxygens (including phenoxy) is 1. The third-order valence-electron chi connectivity index (χ3n) is 6.76. The molecule has 1 aromatic heterocycles. The van der Waals surface area contributed by atoms with Crippen LogP contribution in [0.4, 0.5) is 5.69 Å². The van der Waals surface area contributed by atoms with Crippen LogP contribution in [0.1, 0.15) is 12.7 Å². The normalized spacial score (nSPS) is 22.7. The molecule has 1 fully saturated rings. The first-order valence-electron chi connectivity index (χ1n) is 12.1. The van der Waals surface area contributed by atoms with Crippen molar-refractivity contribution in [1.82, 2.24) is 4.72 Å². The summed E-state index contributed by atoms with van der Waals surface area (Å²) in [5.74, 6) is -0.0116. The molecule has 4 atom stereocenters. The highest BCUT2D eigenvalue weighted by molar-refractivity contribution is 7.93. The highest BCUT2D eigenvalue weighted by Gasteiger charge is 2.38. The van der Waals surface area contributed by atoms with Gasteiger partial charge in [-0.25, -0.2) is 13.1 Å². The molecule has 1 unspecified atom stereocenters. The number of nitrogens with one attached hydrogen (secondary N) is 1. The lowest BCUT2D eigenvalue weighted by Crippen LogP contribution is -2.54. The van der Waals surface area contributed by atoms with Gasteiger partial charge in [0.15, 0.2) is 4.91 Å². The van der Waals surface area contributed by atoms with E-state index in [0.717, 1.165) is 22.0 Å². The van der Waals surface area contributed by atoms with E-state index < -0.39 is 45.8 Å². The number of nitriles is 1. The zero-order chi connectivity index (χ0) is 27.6. The van der Waals surface area contributed by atoms with E-state index in [0.29, 0.717) is 5.76 Å². The molecule has 0 saturated carbocycles. The molecule has 1 saturated heterocycles. The number of sulfonamides is 1. The highest BCUT2D eigenvalue weighted by Crippen LogP contribution is 2.31. The number of hydrogen-bond acceptors (Lipinski definition) is 9. The number of nitrogens with zero attached hydrogens (tertiary/aromatic N) is 2. The zero-order valence-corrected chi connectivity index (χ0v) is 22.1. The van der Waals surface area contributed by atoms with E-state index in [-0.39, 0.29) is 24.5 Å². The average molecular weight is 542 g/mol. The highest BCUT2D eigenvalue weighted by atomic mass is 32.2. The molecule has 38 heavy (non-hydrogen) atoms. The number of furan rings is 1. The largest absolute Gasteiger partial charge is 0.456 e. The summed E-state index contributed by atoms with van der Waals surface area (Å²) in [5, 5.41) is 41.3. The second-order valence-corrected chi connectivity index (χ2v) is 11.2. The van der Waals surface area contributed by atoms with Gasteiger partial charge in [0, 0.05) is 43.4 Å². The van der Waals surface area contributed by atoms with Gasteiger partial charge < -0.3 is 29.4 Å². The van der Waals surface area contributed by atoms with Crippen LogP contribution in [0, 0.1) is 17.2 Å². The SMILES string of the molecule is C/C(=C(/C#N)S(=O)(=O)NCC1CO[C@H](CO)[C@@H](O)[C@@H]1O)c1ccc(-c2ccc3cc(N(C)C)ccc3c2)o1. The lowest BCUT2D eigenvalue weighted by Gasteiger charge is -2.36. The predicted molar refractivity (Wildman–Crippen MR) is 143 cm³/mol. The molecule has 202 valence electrons. The Bertz CT molecular complexity index is 1490. The zero-order valence-electron chi connectivity index (χ0n) is 21.3. The van der Waals surface area contributed by atoms with Gasteiger partial charge in [-0.15, -0.1) is 0 Å². The smallest absolute Gasteiger partial charge is 0.251 e. The molecule has 0 aliphatic carbocycles. The van der Waals surface area contributed by atoms with Gasteiger partial charge in [-0.1, -0.05) is 18.2 Å². The minimum Gasteiger partial charge on any atom is -0.456 e. The lowest BCUT2D eigenvalue weighted by molar-refractivity contribution is -0.172. The Hall–Kier alpha value is -3.24. The van der Waals surface area contributed by atoms with Gasteiger partial charge in [-0.3, -0.25) is 0 Å². The minimum atomic E-state index is -4.27. The number of anilines is 1. The van der Waals surface area contributed by atoms with Gasteiger partial charge in [0.1, 0.15) is 29.8 Å². The minimum absolute atomic E-state index is 0.0691. The quantitative estimate of drug-likeness (QED) is 0.314. The molecule has 2 heterocycles. The third kappa shape index (κ3) is 5.61. The molecule has 0 bridgehead atoms. The molecule has 4 rings (SSSR count). The summed E-state index contributed by atoms with van der Waals surface area (Å²) in [6.45, 7) is 0.671. The van der Waals surface area contributed by atoms with Gasteiger partial charge in [-0.05, 0) is 48.0 Å². The first kappa shape index (κ1) is 27.8. The second kappa shape index (κ2) is 11.2. The Balaban J connectivity index is 1.54. The van der Waals surface area contributed by atoms with E-state index in [1.165, 1.54) is 6.92 Å². The van der Waals surface area contributed by atoms with Crippen LogP contribution in [-0.2, 0) is 14.8 Å². The number of aliphatic hydroxyl groups is 3. The Morgan fingerprint density at radius 1 is 1.11 bits per heavy atom. The van der Waals surface area contributed by atoms with Gasteiger partial charge in [0.05, 0.1) is 19.3 Å². The summed E-state index contributed by atoms with van der Waals surface area (Å²) < 4.78 is 39.5. The topological polar surface area (TPSA) is 156 Å². The van der Waals surface area contributed by atoms with Crippen molar-refractivity contribution >= 4 is 32.1 Å². The Labute approximate surface area is 221 Å². The maximum Gasteiger partial charge on any atom is 0.251 e. The Morgan fingerprint density at radius 2 is 1.82 bits per heavy atom. The van der Waals surface area contributed by atoms with E-state index in [4.69, 9.17) is 9.15 Å². The number of benzene rings is 2. The summed E-state index contributed by atoms with van der Waals surface area (Å²) >= 11 is 0. The molecule has 0 spiro atoms. The molecule has 0 amide bonds. The molecular weight excluding hydrogens is 510 g/mol. The summed E-state index contributed by atoms with van der Waals surface area (Å²) in [6, 6.07) is 17.1. The lowest BCUT2D eigenvalue weighted by atomic mass is 9.93. The van der Waals surface area contributed by atoms with E-state index >= 15 is 0 Å². The standard InChI is InChI=1S/C27H31N3O7S/c1-16(25(12-28)38(34,35)29-13-20-15-36-24(14-31)27(33)26(20)32)22-8-9-23(37-22)19-5-4-18-11-21(30(2)3)7-6-17(18)10-19/h4-11,20,24,26-27,29,31-33H,13-15H2,1-3H3/b25-16+/t20?,24-,26-,27-/m1/s1. The first-order chi connectivity index (χ1) is 18.1. The fraction of sp³-hybridized carbons (Fsp3) is 0.370. The number of fused-ring (bicyclic) bond motifs is 1. The Morgan fingerprint density at radius 3 is 2.50 bits per heavy atom. The monoisotopic (exact) mass is 541 g/mol. The summed E-state index contributed by atoms with van der Waals surface area (Å²) in [5.41, 5.74) is 2.02. The van der Waals surface area contributed by atoms with Gasteiger partial charge in [0.2, 0.25) is 0 Å². The first-order valence-corrected chi connectivity index (χ1v) is 13.5. The summed E-state index contributed by atoms with van der Waals surface area (Å²) in [7, 11) is -0.311. The van der Waals surface area contributed by atoms with E-state index in [1.807, 2.05) is 49.3 Å². The average Bonchev–Trinajstić information content (AvgIpc) is 3.39. The molecule has 1 aliphatic heterocycles. The van der Waals surface area contributed by atoms with Crippen molar-refractivity contribution in [2.24, 2.45) is 5.92 Å². The molecule has 1 aliphatic rings. The van der Waals surface area contributed by atoms with Crippen molar-refractivity contribution < 1.29 is 32.9 Å². The maximum absolute atomic E-state index is 13.0. The van der Waals surface area contributed by atoms with E-state index in [2.05, 4.69) is 10.8 Å². The van der Waals surface area contributed by atoms with Crippen LogP contribution in [0.2, 0.25) is 0 Å². The van der Waals surface area contributed by atoms with Gasteiger partial charge in [0.25, 0.3) is 10.0 Å². The number of hydrogen-bond donors (Lipinski definition) is 4. The fourth-order valence-electron chi connectivity index (χ4n) is 4.39.